The molecule has 12 heteroatoms. The van der Waals surface area contributed by atoms with Gasteiger partial charge < -0.3 is 21.1 Å². The van der Waals surface area contributed by atoms with Crippen LogP contribution < -0.4 is 21.1 Å². The number of hydrogen-bond acceptors (Lipinski definition) is 5. The van der Waals surface area contributed by atoms with E-state index in [1.165, 1.54) is 6.07 Å². The predicted octanol–water partition coefficient (Wildman–Crippen LogP) is 6.10. The van der Waals surface area contributed by atoms with E-state index >= 15 is 0 Å². The van der Waals surface area contributed by atoms with Gasteiger partial charge in [-0.2, -0.15) is 13.2 Å². The molecule has 2 amide bonds. The van der Waals surface area contributed by atoms with Crippen LogP contribution in [0.25, 0.3) is 0 Å². The molecule has 0 saturated heterocycles. The lowest BCUT2D eigenvalue weighted by Crippen LogP contribution is -2.39. The lowest BCUT2D eigenvalue weighted by molar-refractivity contribution is -0.137. The summed E-state index contributed by atoms with van der Waals surface area (Å²) >= 11 is 0. The van der Waals surface area contributed by atoms with E-state index in [0.29, 0.717) is 49.4 Å². The molecule has 2 aromatic carbocycles. The fraction of sp³-hybridized carbons (Fsp3) is 0.345. The maximum Gasteiger partial charge on any atom is 0.416 e. The number of aryl methyl sites for hydroxylation is 1. The number of aromatic nitrogens is 1. The molecule has 2 aliphatic rings. The fourth-order valence-electron chi connectivity index (χ4n) is 4.96. The number of hydrogen-bond donors (Lipinski definition) is 3. The number of nitrogens with one attached hydrogen (secondary N) is 2. The van der Waals surface area contributed by atoms with Gasteiger partial charge in [-0.15, -0.1) is 24.8 Å². The number of anilines is 1. The van der Waals surface area contributed by atoms with Crippen LogP contribution in [0, 0.1) is 0 Å². The molecule has 0 bridgehead atoms. The molecule has 0 radical (unpaired) electrons. The van der Waals surface area contributed by atoms with E-state index in [4.69, 9.17) is 10.5 Å². The molecular weight excluding hydrogens is 580 g/mol. The first-order valence-electron chi connectivity index (χ1n) is 12.8. The van der Waals surface area contributed by atoms with Gasteiger partial charge in [0, 0.05) is 35.3 Å². The lowest BCUT2D eigenvalue weighted by Gasteiger charge is -2.27. The van der Waals surface area contributed by atoms with Crippen molar-refractivity contribution in [3.8, 4) is 11.5 Å². The quantitative estimate of drug-likeness (QED) is 0.323. The third-order valence-corrected chi connectivity index (χ3v) is 7.11. The van der Waals surface area contributed by atoms with E-state index in [2.05, 4.69) is 15.6 Å². The number of pyridine rings is 1. The number of benzene rings is 2. The Balaban J connectivity index is 0.00000231. The molecule has 41 heavy (non-hydrogen) atoms. The van der Waals surface area contributed by atoms with Crippen LogP contribution in [0.2, 0.25) is 0 Å². The summed E-state index contributed by atoms with van der Waals surface area (Å²) in [6, 6.07) is 10.6. The van der Waals surface area contributed by atoms with Crippen molar-refractivity contribution in [2.45, 2.75) is 63.7 Å². The van der Waals surface area contributed by atoms with Crippen molar-refractivity contribution in [1.29, 1.82) is 0 Å². The normalized spacial score (nSPS) is 16.2. The van der Waals surface area contributed by atoms with E-state index in [1.54, 1.807) is 26.1 Å². The van der Waals surface area contributed by atoms with Gasteiger partial charge in [0.25, 0.3) is 5.91 Å². The number of nitrogens with zero attached hydrogens (tertiary/aromatic N) is 1. The van der Waals surface area contributed by atoms with Gasteiger partial charge in [0.2, 0.25) is 5.91 Å². The van der Waals surface area contributed by atoms with Crippen molar-refractivity contribution in [3.63, 3.8) is 0 Å². The Kier molecular flexibility index (Phi) is 9.62. The average Bonchev–Trinajstić information content (AvgIpc) is 2.87. The highest BCUT2D eigenvalue weighted by Gasteiger charge is 2.33. The van der Waals surface area contributed by atoms with E-state index < -0.39 is 23.2 Å². The number of rotatable bonds is 5. The smallest absolute Gasteiger partial charge is 0.416 e. The number of amides is 2. The second kappa shape index (κ2) is 12.3. The number of halogens is 5. The van der Waals surface area contributed by atoms with Crippen LogP contribution in [0.1, 0.15) is 64.9 Å². The number of carbonyl (C=O) groups is 2. The largest absolute Gasteiger partial charge is 0.457 e. The highest BCUT2D eigenvalue weighted by molar-refractivity contribution is 5.95. The van der Waals surface area contributed by atoms with E-state index in [0.717, 1.165) is 28.8 Å². The van der Waals surface area contributed by atoms with Crippen LogP contribution >= 0.6 is 24.8 Å². The highest BCUT2D eigenvalue weighted by atomic mass is 35.5. The maximum atomic E-state index is 13.5. The van der Waals surface area contributed by atoms with Gasteiger partial charge in [0.1, 0.15) is 17.3 Å². The van der Waals surface area contributed by atoms with Crippen LogP contribution in [0.15, 0.2) is 48.7 Å². The first-order valence-corrected chi connectivity index (χ1v) is 12.8. The molecule has 1 aliphatic carbocycles. The SMILES string of the molecule is CC(C)(N)c1cc(C(=O)NC2CCc3ccc(Oc4ccnc5c4CCC(=O)N5)cc3C2)cc(C(F)(F)F)c1.Cl.Cl. The van der Waals surface area contributed by atoms with Crippen molar-refractivity contribution >= 4 is 42.4 Å². The van der Waals surface area contributed by atoms with Crippen LogP contribution in [0.3, 0.4) is 0 Å². The van der Waals surface area contributed by atoms with Gasteiger partial charge in [0.15, 0.2) is 0 Å². The van der Waals surface area contributed by atoms with Crippen molar-refractivity contribution in [2.24, 2.45) is 5.73 Å². The number of fused-ring (bicyclic) bond motifs is 2. The fourth-order valence-corrected chi connectivity index (χ4v) is 4.96. The molecule has 3 aromatic rings. The molecule has 1 aromatic heterocycles. The third-order valence-electron chi connectivity index (χ3n) is 7.11. The Hall–Kier alpha value is -3.34. The van der Waals surface area contributed by atoms with Gasteiger partial charge in [0.05, 0.1) is 5.56 Å². The van der Waals surface area contributed by atoms with Crippen molar-refractivity contribution in [3.05, 3.63) is 82.0 Å². The summed E-state index contributed by atoms with van der Waals surface area (Å²) < 4.78 is 46.7. The van der Waals surface area contributed by atoms with Crippen LogP contribution in [-0.4, -0.2) is 22.8 Å². The summed E-state index contributed by atoms with van der Waals surface area (Å²) in [6.45, 7) is 3.19. The van der Waals surface area contributed by atoms with Gasteiger partial charge >= 0.3 is 6.18 Å². The first kappa shape index (κ1) is 32.2. The second-order valence-electron chi connectivity index (χ2n) is 10.6. The molecule has 2 heterocycles. The van der Waals surface area contributed by atoms with Gasteiger partial charge in [-0.05, 0) is 92.6 Å². The molecule has 1 aliphatic heterocycles. The Morgan fingerprint density at radius 1 is 1.02 bits per heavy atom. The third kappa shape index (κ3) is 7.30. The predicted molar refractivity (Wildman–Crippen MR) is 154 cm³/mol. The number of alkyl halides is 3. The zero-order chi connectivity index (χ0) is 27.9. The topological polar surface area (TPSA) is 106 Å². The zero-order valence-corrected chi connectivity index (χ0v) is 24.1. The average molecular weight is 611 g/mol. The Bertz CT molecular complexity index is 1430. The summed E-state index contributed by atoms with van der Waals surface area (Å²) in [4.78, 5) is 29.0. The van der Waals surface area contributed by atoms with Gasteiger partial charge in [-0.25, -0.2) is 4.98 Å². The Morgan fingerprint density at radius 2 is 1.76 bits per heavy atom. The molecule has 0 spiro atoms. The number of nitrogens with two attached hydrogens (primary N) is 1. The summed E-state index contributed by atoms with van der Waals surface area (Å²) in [5, 5.41) is 5.67. The van der Waals surface area contributed by atoms with Gasteiger partial charge in [-0.3, -0.25) is 9.59 Å². The Morgan fingerprint density at radius 3 is 2.46 bits per heavy atom. The monoisotopic (exact) mass is 610 g/mol. The van der Waals surface area contributed by atoms with Gasteiger partial charge in [-0.1, -0.05) is 6.07 Å². The zero-order valence-electron chi connectivity index (χ0n) is 22.4. The van der Waals surface area contributed by atoms with E-state index in [9.17, 15) is 22.8 Å². The standard InChI is InChI=1S/C29H29F3N4O3.2ClH/c1-28(2,33)19-11-18(12-20(15-19)29(30,31)32)27(38)35-21-5-3-16-4-6-22(14-17(16)13-21)39-24-9-10-34-26-23(24)7-8-25(37)36-26;;/h4,6,9-12,14-15,21H,3,5,7-8,13,33H2,1-2H3,(H,35,38)(H,34,36,37);2*1H. The molecule has 0 saturated carbocycles. The van der Waals surface area contributed by atoms with Crippen molar-refractivity contribution < 1.29 is 27.5 Å². The van der Waals surface area contributed by atoms with Crippen LogP contribution in [0.4, 0.5) is 19.0 Å². The minimum Gasteiger partial charge on any atom is -0.457 e. The van der Waals surface area contributed by atoms with E-state index in [1.807, 2.05) is 18.2 Å². The second-order valence-corrected chi connectivity index (χ2v) is 10.6. The molecule has 1 atom stereocenters. The molecule has 1 unspecified atom stereocenters. The first-order chi connectivity index (χ1) is 18.4. The summed E-state index contributed by atoms with van der Waals surface area (Å²) in [5.41, 5.74) is 7.22. The number of ether oxygens (including phenoxy) is 1. The summed E-state index contributed by atoms with van der Waals surface area (Å²) in [5.74, 6) is 1.07. The molecule has 0 fully saturated rings. The Labute approximate surface area is 248 Å². The molecule has 220 valence electrons. The van der Waals surface area contributed by atoms with E-state index in [-0.39, 0.29) is 47.9 Å². The molecule has 7 nitrogen and oxygen atoms in total. The molecular formula is C29H31Cl2F3N4O3. The molecule has 5 rings (SSSR count). The molecule has 4 N–H and O–H groups in total. The lowest BCUT2D eigenvalue weighted by atomic mass is 9.87. The van der Waals surface area contributed by atoms with Crippen molar-refractivity contribution in [1.82, 2.24) is 10.3 Å². The van der Waals surface area contributed by atoms with Crippen LogP contribution in [-0.2, 0) is 35.8 Å². The van der Waals surface area contributed by atoms with Crippen molar-refractivity contribution in [2.75, 3.05) is 5.32 Å². The summed E-state index contributed by atoms with van der Waals surface area (Å²) in [6.07, 6.45) is -0.258. The highest BCUT2D eigenvalue weighted by Crippen LogP contribution is 2.35. The maximum absolute atomic E-state index is 13.5. The number of carbonyl (C=O) groups excluding carboxylic acids is 2. The summed E-state index contributed by atoms with van der Waals surface area (Å²) in [7, 11) is 0. The minimum absolute atomic E-state index is 0. The van der Waals surface area contributed by atoms with Crippen LogP contribution in [0.5, 0.6) is 11.5 Å². The minimum atomic E-state index is -4.60.